The van der Waals surface area contributed by atoms with Crippen LogP contribution in [-0.2, 0) is 14.9 Å². The van der Waals surface area contributed by atoms with Crippen LogP contribution < -0.4 is 14.8 Å². The number of carboxylic acids is 1. The van der Waals surface area contributed by atoms with Crippen molar-refractivity contribution < 1.29 is 37.7 Å². The molecular weight excluding hydrogens is 508 g/mol. The van der Waals surface area contributed by atoms with Gasteiger partial charge in [0.15, 0.2) is 11.5 Å². The minimum absolute atomic E-state index is 0.0585. The van der Waals surface area contributed by atoms with Gasteiger partial charge in [0.05, 0.1) is 23.2 Å². The number of nitrogens with one attached hydrogen (secondary N) is 1. The second-order valence-electron chi connectivity index (χ2n) is 10.5. The van der Waals surface area contributed by atoms with Gasteiger partial charge in [0.2, 0.25) is 5.91 Å². The number of carboxylic acid groups (broad SMARTS) is 1. The number of alkyl halides is 2. The first-order valence-corrected chi connectivity index (χ1v) is 12.9. The number of carbonyl (C=O) groups is 2. The van der Waals surface area contributed by atoms with E-state index in [4.69, 9.17) is 4.74 Å². The van der Waals surface area contributed by atoms with Crippen LogP contribution in [0.25, 0.3) is 0 Å². The van der Waals surface area contributed by atoms with Crippen LogP contribution in [0.4, 0.5) is 8.78 Å². The lowest BCUT2D eigenvalue weighted by Gasteiger charge is -2.37. The minimum Gasteiger partial charge on any atom is -0.478 e. The highest BCUT2D eigenvalue weighted by molar-refractivity contribution is 5.91. The maximum Gasteiger partial charge on any atom is 0.586 e. The maximum absolute atomic E-state index is 13.7. The molecule has 1 saturated carbocycles. The van der Waals surface area contributed by atoms with Gasteiger partial charge in [0.25, 0.3) is 0 Å². The second kappa shape index (κ2) is 9.34. The molecule has 2 aliphatic heterocycles. The molecule has 0 bridgehead atoms. The summed E-state index contributed by atoms with van der Waals surface area (Å²) in [4.78, 5) is 25.3. The molecule has 6 rings (SSSR count). The molecule has 0 aromatic heterocycles. The highest BCUT2D eigenvalue weighted by Crippen LogP contribution is 2.52. The Hall–Kier alpha value is -3.98. The number of halogens is 2. The highest BCUT2D eigenvalue weighted by Gasteiger charge is 2.53. The molecule has 3 aliphatic rings. The molecule has 3 aromatic carbocycles. The Kier molecular flexibility index (Phi) is 6.06. The van der Waals surface area contributed by atoms with Crippen LogP contribution in [0.15, 0.2) is 66.7 Å². The molecule has 0 spiro atoms. The predicted molar refractivity (Wildman–Crippen MR) is 136 cm³/mol. The summed E-state index contributed by atoms with van der Waals surface area (Å²) < 4.78 is 42.6. The van der Waals surface area contributed by atoms with Crippen molar-refractivity contribution in [3.05, 3.63) is 94.5 Å². The van der Waals surface area contributed by atoms with E-state index in [1.54, 1.807) is 18.2 Å². The molecule has 1 saturated heterocycles. The molecule has 3 aromatic rings. The Balaban J connectivity index is 1.26. The van der Waals surface area contributed by atoms with Gasteiger partial charge in [-0.1, -0.05) is 42.5 Å². The molecule has 3 atom stereocenters. The zero-order valence-corrected chi connectivity index (χ0v) is 21.2. The van der Waals surface area contributed by atoms with Crippen molar-refractivity contribution >= 4 is 11.9 Å². The zero-order valence-electron chi connectivity index (χ0n) is 21.2. The van der Waals surface area contributed by atoms with Crippen LogP contribution in [0.3, 0.4) is 0 Å². The molecule has 2 heterocycles. The van der Waals surface area contributed by atoms with E-state index in [1.165, 1.54) is 12.1 Å². The lowest BCUT2D eigenvalue weighted by Crippen LogP contribution is -2.45. The third kappa shape index (κ3) is 4.94. The first-order chi connectivity index (χ1) is 18.6. The van der Waals surface area contributed by atoms with Crippen LogP contribution in [0.1, 0.15) is 70.5 Å². The van der Waals surface area contributed by atoms with Crippen LogP contribution in [-0.4, -0.2) is 29.3 Å². The number of fused-ring (bicyclic) bond motifs is 1. The lowest BCUT2D eigenvalue weighted by atomic mass is 9.88. The molecule has 1 aliphatic carbocycles. The average molecular weight is 536 g/mol. The number of ether oxygens (including phenoxy) is 3. The van der Waals surface area contributed by atoms with E-state index in [-0.39, 0.29) is 35.1 Å². The Morgan fingerprint density at radius 1 is 0.897 bits per heavy atom. The minimum atomic E-state index is -3.72. The highest BCUT2D eigenvalue weighted by atomic mass is 19.3. The maximum atomic E-state index is 13.7. The zero-order chi connectivity index (χ0) is 27.4. The monoisotopic (exact) mass is 535 g/mol. The molecule has 2 unspecified atom stereocenters. The van der Waals surface area contributed by atoms with Gasteiger partial charge in [0, 0.05) is 6.04 Å². The summed E-state index contributed by atoms with van der Waals surface area (Å²) in [5, 5.41) is 12.8. The van der Waals surface area contributed by atoms with Crippen LogP contribution in [0.5, 0.6) is 11.5 Å². The molecule has 9 heteroatoms. The van der Waals surface area contributed by atoms with Gasteiger partial charge >= 0.3 is 12.3 Å². The summed E-state index contributed by atoms with van der Waals surface area (Å²) in [5.74, 6) is -1.34. The van der Waals surface area contributed by atoms with E-state index in [0.717, 1.165) is 16.7 Å². The third-order valence-electron chi connectivity index (χ3n) is 7.69. The van der Waals surface area contributed by atoms with Crippen LogP contribution >= 0.6 is 0 Å². The van der Waals surface area contributed by atoms with Crippen molar-refractivity contribution in [3.8, 4) is 11.5 Å². The van der Waals surface area contributed by atoms with Crippen molar-refractivity contribution in [3.63, 3.8) is 0 Å². The molecule has 7 nitrogen and oxygen atoms in total. The fourth-order valence-corrected chi connectivity index (χ4v) is 5.60. The fourth-order valence-electron chi connectivity index (χ4n) is 5.60. The number of rotatable bonds is 6. The van der Waals surface area contributed by atoms with Gasteiger partial charge in [0.1, 0.15) is 0 Å². The van der Waals surface area contributed by atoms with E-state index < -0.39 is 23.8 Å². The van der Waals surface area contributed by atoms with Crippen LogP contribution in [0.2, 0.25) is 0 Å². The first kappa shape index (κ1) is 25.3. The summed E-state index contributed by atoms with van der Waals surface area (Å²) >= 11 is 0. The summed E-state index contributed by atoms with van der Waals surface area (Å²) in [7, 11) is 0. The summed E-state index contributed by atoms with van der Waals surface area (Å²) in [6.45, 7) is 1.84. The molecule has 202 valence electrons. The van der Waals surface area contributed by atoms with E-state index >= 15 is 0 Å². The van der Waals surface area contributed by atoms with Crippen molar-refractivity contribution in [2.24, 2.45) is 0 Å². The number of amides is 1. The second-order valence-corrected chi connectivity index (χ2v) is 10.5. The van der Waals surface area contributed by atoms with Gasteiger partial charge in [-0.15, -0.1) is 8.78 Å². The SMILES string of the molecule is Cc1cc(C(=O)O)cc([C@H]2CC(NC(=O)C3(c4ccc5c(c4)OC(F)(F)O5)CC3)CC(c3ccccc3)O2)c1. The third-order valence-corrected chi connectivity index (χ3v) is 7.69. The van der Waals surface area contributed by atoms with E-state index in [1.807, 2.05) is 43.3 Å². The average Bonchev–Trinajstić information content (AvgIpc) is 3.65. The normalized spacial score (nSPS) is 24.1. The topological polar surface area (TPSA) is 94.1 Å². The standard InChI is InChI=1S/C30H27F2NO6/c1-17-11-19(13-20(12-17)27(34)35)25-16-22(15-24(37-25)18-5-3-2-4-6-18)33-28(36)29(9-10-29)21-7-8-23-26(14-21)39-30(31,32)38-23/h2-8,11-14,22,24-25H,9-10,15-16H2,1H3,(H,33,36)(H,34,35)/t22?,24?,25-/m1/s1. The van der Waals surface area contributed by atoms with Gasteiger partial charge < -0.3 is 24.6 Å². The smallest absolute Gasteiger partial charge is 0.478 e. The number of benzene rings is 3. The van der Waals surface area contributed by atoms with Gasteiger partial charge in [-0.05, 0) is 79.1 Å². The van der Waals surface area contributed by atoms with Crippen molar-refractivity contribution in [2.45, 2.75) is 62.6 Å². The fraction of sp³-hybridized carbons (Fsp3) is 0.333. The number of hydrogen-bond donors (Lipinski definition) is 2. The number of aromatic carboxylic acids is 1. The summed E-state index contributed by atoms with van der Waals surface area (Å²) in [6, 6.07) is 19.1. The number of hydrogen-bond acceptors (Lipinski definition) is 5. The number of aryl methyl sites for hydroxylation is 1. The van der Waals surface area contributed by atoms with Crippen LogP contribution in [0, 0.1) is 6.92 Å². The Morgan fingerprint density at radius 2 is 1.59 bits per heavy atom. The van der Waals surface area contributed by atoms with E-state index in [0.29, 0.717) is 31.2 Å². The molecular formula is C30H27F2NO6. The van der Waals surface area contributed by atoms with E-state index in [2.05, 4.69) is 14.8 Å². The number of carbonyl (C=O) groups excluding carboxylic acids is 1. The van der Waals surface area contributed by atoms with Crippen molar-refractivity contribution in [2.75, 3.05) is 0 Å². The summed E-state index contributed by atoms with van der Waals surface area (Å²) in [5.41, 5.74) is 2.47. The summed E-state index contributed by atoms with van der Waals surface area (Å²) in [6.07, 6.45) is -2.30. The predicted octanol–water partition coefficient (Wildman–Crippen LogP) is 5.82. The molecule has 39 heavy (non-hydrogen) atoms. The molecule has 2 fully saturated rings. The molecule has 2 N–H and O–H groups in total. The van der Waals surface area contributed by atoms with Crippen molar-refractivity contribution in [1.82, 2.24) is 5.32 Å². The Labute approximate surface area is 223 Å². The Morgan fingerprint density at radius 3 is 2.28 bits per heavy atom. The van der Waals surface area contributed by atoms with Gasteiger partial charge in [-0.2, -0.15) is 0 Å². The molecule has 0 radical (unpaired) electrons. The van der Waals surface area contributed by atoms with Gasteiger partial charge in [-0.3, -0.25) is 4.79 Å². The lowest BCUT2D eigenvalue weighted by molar-refractivity contribution is -0.286. The van der Waals surface area contributed by atoms with Crippen molar-refractivity contribution in [1.29, 1.82) is 0 Å². The largest absolute Gasteiger partial charge is 0.586 e. The molecule has 1 amide bonds. The van der Waals surface area contributed by atoms with E-state index in [9.17, 15) is 23.5 Å². The quantitative estimate of drug-likeness (QED) is 0.413. The first-order valence-electron chi connectivity index (χ1n) is 12.9. The Bertz CT molecular complexity index is 1440. The van der Waals surface area contributed by atoms with Gasteiger partial charge in [-0.25, -0.2) is 4.79 Å².